The summed E-state index contributed by atoms with van der Waals surface area (Å²) >= 11 is 0. The lowest BCUT2D eigenvalue weighted by Crippen LogP contribution is -2.44. The highest BCUT2D eigenvalue weighted by molar-refractivity contribution is 5.80. The minimum absolute atomic E-state index is 0.142. The lowest BCUT2D eigenvalue weighted by molar-refractivity contribution is -0.0250. The van der Waals surface area contributed by atoms with Crippen molar-refractivity contribution in [2.24, 2.45) is 10.9 Å². The lowest BCUT2D eigenvalue weighted by atomic mass is 9.89. The van der Waals surface area contributed by atoms with Crippen LogP contribution >= 0.6 is 0 Å². The van der Waals surface area contributed by atoms with Gasteiger partial charge in [-0.25, -0.2) is 0 Å². The molecule has 1 aliphatic rings. The highest BCUT2D eigenvalue weighted by Crippen LogP contribution is 2.33. The van der Waals surface area contributed by atoms with Crippen molar-refractivity contribution in [1.29, 1.82) is 0 Å². The molecule has 0 bridgehead atoms. The van der Waals surface area contributed by atoms with Crippen molar-refractivity contribution in [2.75, 3.05) is 33.4 Å². The molecule has 1 aliphatic heterocycles. The van der Waals surface area contributed by atoms with Crippen LogP contribution in [0.15, 0.2) is 35.3 Å². The van der Waals surface area contributed by atoms with Crippen molar-refractivity contribution >= 4 is 5.96 Å². The predicted molar refractivity (Wildman–Crippen MR) is 98.3 cm³/mol. The SMILES string of the molecule is CCNC(=NCC1CCCOC1c1ccccc1)NC(C)COC. The molecule has 2 rings (SSSR count). The van der Waals surface area contributed by atoms with Crippen LogP contribution in [-0.4, -0.2) is 45.4 Å². The van der Waals surface area contributed by atoms with Gasteiger partial charge in [0.2, 0.25) is 0 Å². The van der Waals surface area contributed by atoms with E-state index >= 15 is 0 Å². The van der Waals surface area contributed by atoms with E-state index in [9.17, 15) is 0 Å². The van der Waals surface area contributed by atoms with E-state index in [0.717, 1.165) is 38.5 Å². The molecule has 1 saturated heterocycles. The third kappa shape index (κ3) is 5.80. The van der Waals surface area contributed by atoms with Crippen molar-refractivity contribution in [3.05, 3.63) is 35.9 Å². The first-order valence-electron chi connectivity index (χ1n) is 8.95. The Bertz CT molecular complexity index is 493. The van der Waals surface area contributed by atoms with E-state index in [0.29, 0.717) is 12.5 Å². The van der Waals surface area contributed by atoms with Crippen LogP contribution in [-0.2, 0) is 9.47 Å². The van der Waals surface area contributed by atoms with E-state index in [4.69, 9.17) is 14.5 Å². The van der Waals surface area contributed by atoms with Gasteiger partial charge in [-0.2, -0.15) is 0 Å². The van der Waals surface area contributed by atoms with Crippen LogP contribution in [0.2, 0.25) is 0 Å². The lowest BCUT2D eigenvalue weighted by Gasteiger charge is -2.31. The molecule has 1 aromatic rings. The molecule has 5 heteroatoms. The van der Waals surface area contributed by atoms with Gasteiger partial charge in [0.15, 0.2) is 5.96 Å². The molecule has 3 unspecified atom stereocenters. The summed E-state index contributed by atoms with van der Waals surface area (Å²) in [5.41, 5.74) is 1.25. The van der Waals surface area contributed by atoms with Gasteiger partial charge in [0.05, 0.1) is 12.7 Å². The van der Waals surface area contributed by atoms with Gasteiger partial charge < -0.3 is 20.1 Å². The second-order valence-electron chi connectivity index (χ2n) is 6.32. The van der Waals surface area contributed by atoms with Gasteiger partial charge in [0.25, 0.3) is 0 Å². The number of benzene rings is 1. The Morgan fingerprint density at radius 1 is 1.38 bits per heavy atom. The fourth-order valence-corrected chi connectivity index (χ4v) is 3.10. The number of nitrogens with zero attached hydrogens (tertiary/aromatic N) is 1. The summed E-state index contributed by atoms with van der Waals surface area (Å²) in [4.78, 5) is 4.79. The zero-order chi connectivity index (χ0) is 17.2. The smallest absolute Gasteiger partial charge is 0.191 e. The average molecular weight is 333 g/mol. The molecular formula is C19H31N3O2. The molecule has 0 amide bonds. The molecule has 1 aromatic carbocycles. The Kier molecular flexibility index (Phi) is 8.05. The van der Waals surface area contributed by atoms with Crippen LogP contribution in [0.5, 0.6) is 0 Å². The fourth-order valence-electron chi connectivity index (χ4n) is 3.10. The monoisotopic (exact) mass is 333 g/mol. The van der Waals surface area contributed by atoms with Crippen LogP contribution in [0.1, 0.15) is 38.4 Å². The van der Waals surface area contributed by atoms with Gasteiger partial charge in [-0.1, -0.05) is 30.3 Å². The standard InChI is InChI=1S/C19H31N3O2/c1-4-20-19(22-15(2)14-23-3)21-13-17-11-8-12-24-18(17)16-9-6-5-7-10-16/h5-7,9-10,15,17-18H,4,8,11-14H2,1-3H3,(H2,20,21,22). The fraction of sp³-hybridized carbons (Fsp3) is 0.632. The Morgan fingerprint density at radius 2 is 2.17 bits per heavy atom. The number of ether oxygens (including phenoxy) is 2. The normalized spacial score (nSPS) is 22.9. The highest BCUT2D eigenvalue weighted by atomic mass is 16.5. The van der Waals surface area contributed by atoms with Gasteiger partial charge in [-0.05, 0) is 32.3 Å². The Morgan fingerprint density at radius 3 is 2.88 bits per heavy atom. The number of hydrogen-bond acceptors (Lipinski definition) is 3. The zero-order valence-corrected chi connectivity index (χ0v) is 15.1. The van der Waals surface area contributed by atoms with Crippen LogP contribution < -0.4 is 10.6 Å². The summed E-state index contributed by atoms with van der Waals surface area (Å²) < 4.78 is 11.2. The molecular weight excluding hydrogens is 302 g/mol. The third-order valence-corrected chi connectivity index (χ3v) is 4.20. The maximum Gasteiger partial charge on any atom is 0.191 e. The van der Waals surface area contributed by atoms with E-state index < -0.39 is 0 Å². The molecule has 3 atom stereocenters. The molecule has 0 aromatic heterocycles. The summed E-state index contributed by atoms with van der Waals surface area (Å²) in [6, 6.07) is 10.7. The molecule has 0 saturated carbocycles. The predicted octanol–water partition coefficient (Wildman–Crippen LogP) is 2.74. The van der Waals surface area contributed by atoms with Gasteiger partial charge in [-0.15, -0.1) is 0 Å². The van der Waals surface area contributed by atoms with E-state index in [1.807, 2.05) is 6.07 Å². The van der Waals surface area contributed by atoms with Crippen molar-refractivity contribution in [3.63, 3.8) is 0 Å². The summed E-state index contributed by atoms with van der Waals surface area (Å²) in [7, 11) is 1.71. The van der Waals surface area contributed by atoms with E-state index in [2.05, 4.69) is 48.7 Å². The topological polar surface area (TPSA) is 54.9 Å². The molecule has 134 valence electrons. The van der Waals surface area contributed by atoms with Gasteiger partial charge in [-0.3, -0.25) is 4.99 Å². The number of guanidine groups is 1. The van der Waals surface area contributed by atoms with Crippen LogP contribution in [0, 0.1) is 5.92 Å². The molecule has 24 heavy (non-hydrogen) atoms. The van der Waals surface area contributed by atoms with Crippen LogP contribution in [0.25, 0.3) is 0 Å². The number of methoxy groups -OCH3 is 1. The second-order valence-corrected chi connectivity index (χ2v) is 6.32. The molecule has 0 aliphatic carbocycles. The summed E-state index contributed by atoms with van der Waals surface area (Å²) in [6.07, 6.45) is 2.40. The van der Waals surface area contributed by atoms with E-state index in [1.165, 1.54) is 5.56 Å². The summed E-state index contributed by atoms with van der Waals surface area (Å²) in [6.45, 7) is 7.26. The van der Waals surface area contributed by atoms with Gasteiger partial charge >= 0.3 is 0 Å². The number of rotatable bonds is 7. The first-order valence-corrected chi connectivity index (χ1v) is 8.95. The highest BCUT2D eigenvalue weighted by Gasteiger charge is 2.27. The summed E-state index contributed by atoms with van der Waals surface area (Å²) in [5, 5.41) is 6.69. The molecule has 0 spiro atoms. The third-order valence-electron chi connectivity index (χ3n) is 4.20. The maximum atomic E-state index is 6.06. The maximum absolute atomic E-state index is 6.06. The molecule has 1 fully saturated rings. The van der Waals surface area contributed by atoms with Crippen molar-refractivity contribution in [3.8, 4) is 0 Å². The molecule has 5 nitrogen and oxygen atoms in total. The Balaban J connectivity index is 2.01. The molecule has 2 N–H and O–H groups in total. The first kappa shape index (κ1) is 18.7. The Labute approximate surface area is 145 Å². The molecule has 0 radical (unpaired) electrons. The summed E-state index contributed by atoms with van der Waals surface area (Å²) in [5.74, 6) is 1.26. The first-order chi connectivity index (χ1) is 11.7. The van der Waals surface area contributed by atoms with E-state index in [-0.39, 0.29) is 12.1 Å². The average Bonchev–Trinajstić information content (AvgIpc) is 2.61. The van der Waals surface area contributed by atoms with Gasteiger partial charge in [0.1, 0.15) is 0 Å². The number of aliphatic imine (C=N–C) groups is 1. The van der Waals surface area contributed by atoms with Gasteiger partial charge in [0, 0.05) is 38.8 Å². The zero-order valence-electron chi connectivity index (χ0n) is 15.1. The molecule has 1 heterocycles. The van der Waals surface area contributed by atoms with E-state index in [1.54, 1.807) is 7.11 Å². The van der Waals surface area contributed by atoms with Crippen LogP contribution in [0.4, 0.5) is 0 Å². The largest absolute Gasteiger partial charge is 0.383 e. The second kappa shape index (κ2) is 10.3. The Hall–Kier alpha value is -1.59. The minimum Gasteiger partial charge on any atom is -0.383 e. The number of hydrogen-bond donors (Lipinski definition) is 2. The van der Waals surface area contributed by atoms with Crippen molar-refractivity contribution in [1.82, 2.24) is 10.6 Å². The number of nitrogens with one attached hydrogen (secondary N) is 2. The quantitative estimate of drug-likeness (QED) is 0.595. The van der Waals surface area contributed by atoms with Crippen LogP contribution in [0.3, 0.4) is 0 Å². The minimum atomic E-state index is 0.142. The van der Waals surface area contributed by atoms with Crippen molar-refractivity contribution in [2.45, 2.75) is 38.8 Å². The van der Waals surface area contributed by atoms with Crippen molar-refractivity contribution < 1.29 is 9.47 Å².